The number of amides is 1. The molecule has 0 atom stereocenters. The molecule has 7 heteroatoms. The number of carbonyl (C=O) groups is 2. The number of carbonyl (C=O) groups excluding carboxylic acids is 2. The maximum atomic E-state index is 13.9. The molecule has 4 rings (SSSR count). The van der Waals surface area contributed by atoms with Crippen molar-refractivity contribution in [2.75, 3.05) is 13.1 Å². The van der Waals surface area contributed by atoms with Gasteiger partial charge >= 0.3 is 0 Å². The number of nitrogens with zero attached hydrogens (tertiary/aromatic N) is 2. The molecular weight excluding hydrogens is 378 g/mol. The summed E-state index contributed by atoms with van der Waals surface area (Å²) >= 11 is 0. The Bertz CT molecular complexity index is 1040. The van der Waals surface area contributed by atoms with Crippen molar-refractivity contribution >= 4 is 11.7 Å². The second-order valence-corrected chi connectivity index (χ2v) is 7.00. The summed E-state index contributed by atoms with van der Waals surface area (Å²) in [6, 6.07) is 13.8. The lowest BCUT2D eigenvalue weighted by molar-refractivity contribution is 0.0640. The van der Waals surface area contributed by atoms with Gasteiger partial charge in [0.05, 0.1) is 5.56 Å². The lowest BCUT2D eigenvalue weighted by Gasteiger charge is -2.30. The average molecular weight is 396 g/mol. The minimum absolute atomic E-state index is 0.199. The molecule has 1 fully saturated rings. The highest BCUT2D eigenvalue weighted by Gasteiger charge is 2.31. The van der Waals surface area contributed by atoms with E-state index in [0.29, 0.717) is 31.7 Å². The zero-order valence-electron chi connectivity index (χ0n) is 15.5. The molecule has 5 nitrogen and oxygen atoms in total. The van der Waals surface area contributed by atoms with Gasteiger partial charge in [-0.3, -0.25) is 9.59 Å². The van der Waals surface area contributed by atoms with E-state index in [1.54, 1.807) is 11.0 Å². The van der Waals surface area contributed by atoms with Gasteiger partial charge in [-0.25, -0.2) is 8.78 Å². The van der Waals surface area contributed by atoms with Gasteiger partial charge in [0.1, 0.15) is 11.6 Å². The minimum atomic E-state index is -0.731. The molecule has 3 aromatic rings. The van der Waals surface area contributed by atoms with Crippen molar-refractivity contribution in [1.29, 1.82) is 0 Å². The third-order valence-corrected chi connectivity index (χ3v) is 5.13. The number of halogens is 2. The Morgan fingerprint density at radius 3 is 2.45 bits per heavy atom. The SMILES string of the molecule is O=C(c1cc(F)ccc1F)C1CCN(C(=O)c2cc(-c3ccccc3)on2)CC1. The molecule has 0 spiro atoms. The second-order valence-electron chi connectivity index (χ2n) is 7.00. The Labute approximate surface area is 165 Å². The number of likely N-dealkylation sites (tertiary alicyclic amines) is 1. The fraction of sp³-hybridized carbons (Fsp3) is 0.227. The lowest BCUT2D eigenvalue weighted by Crippen LogP contribution is -2.40. The number of ketones is 1. The third kappa shape index (κ3) is 3.94. The van der Waals surface area contributed by atoms with E-state index in [9.17, 15) is 18.4 Å². The van der Waals surface area contributed by atoms with Gasteiger partial charge in [0, 0.05) is 30.6 Å². The van der Waals surface area contributed by atoms with Crippen LogP contribution in [0.2, 0.25) is 0 Å². The highest BCUT2D eigenvalue weighted by atomic mass is 19.1. The summed E-state index contributed by atoms with van der Waals surface area (Å²) in [5.74, 6) is -2.04. The lowest BCUT2D eigenvalue weighted by atomic mass is 9.88. The molecule has 2 heterocycles. The largest absolute Gasteiger partial charge is 0.355 e. The molecule has 1 aromatic heterocycles. The zero-order valence-corrected chi connectivity index (χ0v) is 15.5. The van der Waals surface area contributed by atoms with Crippen LogP contribution in [0, 0.1) is 17.6 Å². The summed E-state index contributed by atoms with van der Waals surface area (Å²) in [7, 11) is 0. The van der Waals surface area contributed by atoms with E-state index in [-0.39, 0.29) is 17.2 Å². The van der Waals surface area contributed by atoms with Crippen molar-refractivity contribution in [3.8, 4) is 11.3 Å². The molecule has 1 aliphatic heterocycles. The van der Waals surface area contributed by atoms with Crippen LogP contribution in [0.15, 0.2) is 59.1 Å². The van der Waals surface area contributed by atoms with Gasteiger partial charge in [-0.1, -0.05) is 35.5 Å². The van der Waals surface area contributed by atoms with Crippen LogP contribution in [-0.4, -0.2) is 34.8 Å². The number of piperidine rings is 1. The van der Waals surface area contributed by atoms with Crippen LogP contribution in [0.5, 0.6) is 0 Å². The molecule has 0 N–H and O–H groups in total. The van der Waals surface area contributed by atoms with Crippen molar-refractivity contribution in [3.05, 3.63) is 77.5 Å². The first-order valence-electron chi connectivity index (χ1n) is 9.33. The summed E-state index contributed by atoms with van der Waals surface area (Å²) in [6.45, 7) is 0.666. The van der Waals surface area contributed by atoms with E-state index in [1.807, 2.05) is 30.3 Å². The molecule has 2 aromatic carbocycles. The van der Waals surface area contributed by atoms with Crippen molar-refractivity contribution in [2.45, 2.75) is 12.8 Å². The summed E-state index contributed by atoms with van der Waals surface area (Å²) in [5, 5.41) is 3.87. The zero-order chi connectivity index (χ0) is 20.4. The predicted molar refractivity (Wildman–Crippen MR) is 101 cm³/mol. The smallest absolute Gasteiger partial charge is 0.276 e. The van der Waals surface area contributed by atoms with Gasteiger partial charge in [0.15, 0.2) is 17.2 Å². The van der Waals surface area contributed by atoms with Crippen molar-refractivity contribution in [1.82, 2.24) is 10.1 Å². The van der Waals surface area contributed by atoms with Crippen LogP contribution in [-0.2, 0) is 0 Å². The van der Waals surface area contributed by atoms with Crippen LogP contribution in [0.3, 0.4) is 0 Å². The predicted octanol–water partition coefficient (Wildman–Crippen LogP) is 4.35. The molecule has 0 radical (unpaired) electrons. The Balaban J connectivity index is 1.41. The Morgan fingerprint density at radius 1 is 1.00 bits per heavy atom. The summed E-state index contributed by atoms with van der Waals surface area (Å²) in [6.07, 6.45) is 0.758. The number of benzene rings is 2. The van der Waals surface area contributed by atoms with Crippen LogP contribution in [0.1, 0.15) is 33.7 Å². The molecule has 0 aliphatic carbocycles. The highest BCUT2D eigenvalue weighted by Crippen LogP contribution is 2.26. The fourth-order valence-corrected chi connectivity index (χ4v) is 3.53. The molecule has 29 heavy (non-hydrogen) atoms. The Morgan fingerprint density at radius 2 is 1.72 bits per heavy atom. The molecular formula is C22H18F2N2O3. The van der Waals surface area contributed by atoms with Crippen LogP contribution in [0.4, 0.5) is 8.78 Å². The van der Waals surface area contributed by atoms with Gasteiger partial charge in [-0.05, 0) is 31.0 Å². The standard InChI is InChI=1S/C22H18F2N2O3/c23-16-6-7-18(24)17(12-16)21(27)15-8-10-26(11-9-15)22(28)19-13-20(29-25-19)14-4-2-1-3-5-14/h1-7,12-13,15H,8-11H2. The molecule has 1 aliphatic rings. The topological polar surface area (TPSA) is 63.4 Å². The number of aromatic nitrogens is 1. The van der Waals surface area contributed by atoms with Gasteiger partial charge in [-0.2, -0.15) is 0 Å². The Kier molecular flexibility index (Phi) is 5.20. The highest BCUT2D eigenvalue weighted by molar-refractivity contribution is 5.98. The van der Waals surface area contributed by atoms with Gasteiger partial charge in [-0.15, -0.1) is 0 Å². The summed E-state index contributed by atoms with van der Waals surface area (Å²) < 4.78 is 32.5. The maximum Gasteiger partial charge on any atom is 0.276 e. The first kappa shape index (κ1) is 19.0. The number of hydrogen-bond acceptors (Lipinski definition) is 4. The first-order valence-corrected chi connectivity index (χ1v) is 9.33. The first-order chi connectivity index (χ1) is 14.0. The van der Waals surface area contributed by atoms with E-state index in [1.165, 1.54) is 0 Å². The molecule has 1 saturated heterocycles. The summed E-state index contributed by atoms with van der Waals surface area (Å²) in [4.78, 5) is 26.8. The second kappa shape index (κ2) is 7.95. The van der Waals surface area contributed by atoms with E-state index < -0.39 is 23.3 Å². The van der Waals surface area contributed by atoms with Crippen molar-refractivity contribution in [3.63, 3.8) is 0 Å². The van der Waals surface area contributed by atoms with Gasteiger partial charge in [0.2, 0.25) is 0 Å². The van der Waals surface area contributed by atoms with Crippen LogP contribution < -0.4 is 0 Å². The fourth-order valence-electron chi connectivity index (χ4n) is 3.53. The number of rotatable bonds is 4. The average Bonchev–Trinajstić information content (AvgIpc) is 3.25. The van der Waals surface area contributed by atoms with E-state index in [2.05, 4.69) is 5.16 Å². The van der Waals surface area contributed by atoms with Gasteiger partial charge < -0.3 is 9.42 Å². The molecule has 1 amide bonds. The van der Waals surface area contributed by atoms with Crippen LogP contribution in [0.25, 0.3) is 11.3 Å². The van der Waals surface area contributed by atoms with E-state index >= 15 is 0 Å². The van der Waals surface area contributed by atoms with Crippen molar-refractivity contribution < 1.29 is 22.9 Å². The molecule has 0 unspecified atom stereocenters. The number of Topliss-reactive ketones (excluding diaryl/α,β-unsaturated/α-hetero) is 1. The Hall–Kier alpha value is -3.35. The monoisotopic (exact) mass is 396 g/mol. The van der Waals surface area contributed by atoms with E-state index in [4.69, 9.17) is 4.52 Å². The van der Waals surface area contributed by atoms with Gasteiger partial charge in [0.25, 0.3) is 5.91 Å². The normalized spacial score (nSPS) is 14.8. The van der Waals surface area contributed by atoms with E-state index in [0.717, 1.165) is 23.8 Å². The maximum absolute atomic E-state index is 13.9. The van der Waals surface area contributed by atoms with Crippen molar-refractivity contribution in [2.24, 2.45) is 5.92 Å². The molecule has 0 bridgehead atoms. The molecule has 148 valence electrons. The quantitative estimate of drug-likeness (QED) is 0.615. The van der Waals surface area contributed by atoms with Crippen LogP contribution >= 0.6 is 0 Å². The third-order valence-electron chi connectivity index (χ3n) is 5.13. The summed E-state index contributed by atoms with van der Waals surface area (Å²) in [5.41, 5.74) is 0.782. The molecule has 0 saturated carbocycles. The number of hydrogen-bond donors (Lipinski definition) is 0. The minimum Gasteiger partial charge on any atom is -0.355 e.